The van der Waals surface area contributed by atoms with Gasteiger partial charge in [0, 0.05) is 13.1 Å². The molecule has 0 saturated carbocycles. The number of sulfonamides is 1. The van der Waals surface area contributed by atoms with Crippen LogP contribution in [-0.4, -0.2) is 36.5 Å². The zero-order valence-electron chi connectivity index (χ0n) is 9.59. The van der Waals surface area contributed by atoms with E-state index in [4.69, 9.17) is 5.26 Å². The van der Waals surface area contributed by atoms with Crippen LogP contribution in [0.3, 0.4) is 0 Å². The van der Waals surface area contributed by atoms with E-state index in [1.165, 1.54) is 6.92 Å². The molecule has 1 aromatic carbocycles. The van der Waals surface area contributed by atoms with Crippen LogP contribution in [0.2, 0.25) is 0 Å². The van der Waals surface area contributed by atoms with Gasteiger partial charge < -0.3 is 5.11 Å². The van der Waals surface area contributed by atoms with E-state index >= 15 is 0 Å². The van der Waals surface area contributed by atoms with Crippen LogP contribution in [0, 0.1) is 17.1 Å². The first kappa shape index (κ1) is 13.0. The quantitative estimate of drug-likeness (QED) is 0.846. The van der Waals surface area contributed by atoms with Crippen molar-refractivity contribution in [1.82, 2.24) is 4.31 Å². The minimum absolute atomic E-state index is 0.00536. The number of β-amino-alcohol motifs (C(OH)–C–C–N with tert-alkyl or cyclic N) is 1. The topological polar surface area (TPSA) is 81.4 Å². The van der Waals surface area contributed by atoms with Gasteiger partial charge in [-0.25, -0.2) is 12.8 Å². The SMILES string of the molecule is CC1(O)CN(S(=O)(=O)c2ccc(F)c(C#N)c2)C1. The summed E-state index contributed by atoms with van der Waals surface area (Å²) in [4.78, 5) is -0.143. The van der Waals surface area contributed by atoms with E-state index < -0.39 is 21.4 Å². The molecule has 1 N–H and O–H groups in total. The lowest BCUT2D eigenvalue weighted by Gasteiger charge is -2.42. The van der Waals surface area contributed by atoms with Gasteiger partial charge in [-0.1, -0.05) is 0 Å². The number of rotatable bonds is 2. The summed E-state index contributed by atoms with van der Waals surface area (Å²) in [7, 11) is -3.77. The second-order valence-corrected chi connectivity index (χ2v) is 6.46. The van der Waals surface area contributed by atoms with Gasteiger partial charge >= 0.3 is 0 Å². The standard InChI is InChI=1S/C11H11FN2O3S/c1-11(15)6-14(7-11)18(16,17)9-2-3-10(12)8(4-9)5-13/h2-4,15H,6-7H2,1H3. The van der Waals surface area contributed by atoms with Gasteiger partial charge in [0.15, 0.2) is 0 Å². The summed E-state index contributed by atoms with van der Waals surface area (Å²) in [6.07, 6.45) is 0. The van der Waals surface area contributed by atoms with Crippen LogP contribution in [-0.2, 0) is 10.0 Å². The van der Waals surface area contributed by atoms with Crippen molar-refractivity contribution in [3.05, 3.63) is 29.6 Å². The first-order valence-electron chi connectivity index (χ1n) is 5.18. The molecule has 2 rings (SSSR count). The Morgan fingerprint density at radius 2 is 2.11 bits per heavy atom. The zero-order chi connectivity index (χ0) is 13.6. The Morgan fingerprint density at radius 3 is 2.61 bits per heavy atom. The summed E-state index contributed by atoms with van der Waals surface area (Å²) in [5.41, 5.74) is -1.34. The van der Waals surface area contributed by atoms with Crippen LogP contribution >= 0.6 is 0 Å². The van der Waals surface area contributed by atoms with Gasteiger partial charge in [0.25, 0.3) is 0 Å². The molecule has 96 valence electrons. The van der Waals surface area contributed by atoms with Crippen molar-refractivity contribution in [2.24, 2.45) is 0 Å². The van der Waals surface area contributed by atoms with E-state index in [0.29, 0.717) is 0 Å². The molecule has 1 aliphatic rings. The number of hydrogen-bond acceptors (Lipinski definition) is 4. The minimum atomic E-state index is -3.77. The van der Waals surface area contributed by atoms with Gasteiger partial charge in [-0.15, -0.1) is 0 Å². The van der Waals surface area contributed by atoms with Crippen molar-refractivity contribution < 1.29 is 17.9 Å². The van der Waals surface area contributed by atoms with Crippen LogP contribution in [0.4, 0.5) is 4.39 Å². The maximum Gasteiger partial charge on any atom is 0.243 e. The fraction of sp³-hybridized carbons (Fsp3) is 0.364. The molecule has 1 heterocycles. The number of benzene rings is 1. The first-order valence-corrected chi connectivity index (χ1v) is 6.62. The molecule has 0 amide bonds. The molecule has 1 aromatic rings. The molecule has 1 fully saturated rings. The van der Waals surface area contributed by atoms with Gasteiger partial charge in [-0.3, -0.25) is 0 Å². The molecule has 18 heavy (non-hydrogen) atoms. The number of aliphatic hydroxyl groups is 1. The molecule has 7 heteroatoms. The Hall–Kier alpha value is -1.49. The molecule has 5 nitrogen and oxygen atoms in total. The van der Waals surface area contributed by atoms with Crippen LogP contribution in [0.15, 0.2) is 23.1 Å². The number of hydrogen-bond donors (Lipinski definition) is 1. The minimum Gasteiger partial charge on any atom is -0.387 e. The molecule has 0 aliphatic carbocycles. The fourth-order valence-electron chi connectivity index (χ4n) is 1.78. The molecule has 0 radical (unpaired) electrons. The summed E-state index contributed by atoms with van der Waals surface area (Å²) in [5, 5.41) is 18.2. The van der Waals surface area contributed by atoms with Crippen LogP contribution in [0.25, 0.3) is 0 Å². The van der Waals surface area contributed by atoms with Crippen molar-refractivity contribution in [3.8, 4) is 6.07 Å². The fourth-order valence-corrected chi connectivity index (χ4v) is 3.48. The summed E-state index contributed by atoms with van der Waals surface area (Å²) in [6.45, 7) is 1.52. The molecular weight excluding hydrogens is 259 g/mol. The summed E-state index contributed by atoms with van der Waals surface area (Å²) < 4.78 is 38.3. The Bertz CT molecular complexity index is 626. The molecule has 0 atom stereocenters. The van der Waals surface area contributed by atoms with Crippen molar-refractivity contribution in [2.75, 3.05) is 13.1 Å². The van der Waals surface area contributed by atoms with Crippen LogP contribution in [0.1, 0.15) is 12.5 Å². The lowest BCUT2D eigenvalue weighted by Crippen LogP contribution is -2.61. The predicted molar refractivity (Wildman–Crippen MR) is 60.5 cm³/mol. The lowest BCUT2D eigenvalue weighted by atomic mass is 10.0. The Morgan fingerprint density at radius 1 is 1.50 bits per heavy atom. The third kappa shape index (κ3) is 2.10. The molecule has 1 aliphatic heterocycles. The summed E-state index contributed by atoms with van der Waals surface area (Å²) in [5.74, 6) is -0.757. The second-order valence-electron chi connectivity index (χ2n) is 4.52. The summed E-state index contributed by atoms with van der Waals surface area (Å²) in [6, 6.07) is 4.65. The normalized spacial score (nSPS) is 19.0. The predicted octanol–water partition coefficient (Wildman–Crippen LogP) is 0.453. The van der Waals surface area contributed by atoms with Crippen molar-refractivity contribution in [3.63, 3.8) is 0 Å². The van der Waals surface area contributed by atoms with Crippen LogP contribution < -0.4 is 0 Å². The second kappa shape index (κ2) is 4.02. The van der Waals surface area contributed by atoms with E-state index in [9.17, 15) is 17.9 Å². The Labute approximate surface area is 104 Å². The smallest absolute Gasteiger partial charge is 0.243 e. The molecule has 0 bridgehead atoms. The van der Waals surface area contributed by atoms with Gasteiger partial charge in [0.05, 0.1) is 16.1 Å². The molecular formula is C11H11FN2O3S. The van der Waals surface area contributed by atoms with Gasteiger partial charge in [-0.05, 0) is 25.1 Å². The molecule has 0 unspecified atom stereocenters. The molecule has 0 aromatic heterocycles. The van der Waals surface area contributed by atoms with E-state index in [0.717, 1.165) is 22.5 Å². The lowest BCUT2D eigenvalue weighted by molar-refractivity contribution is -0.0426. The van der Waals surface area contributed by atoms with Crippen molar-refractivity contribution in [2.45, 2.75) is 17.4 Å². The maximum atomic E-state index is 13.1. The van der Waals surface area contributed by atoms with E-state index in [2.05, 4.69) is 0 Å². The average molecular weight is 270 g/mol. The number of nitrogens with zero attached hydrogens (tertiary/aromatic N) is 2. The van der Waals surface area contributed by atoms with Gasteiger partial charge in [-0.2, -0.15) is 9.57 Å². The molecule has 1 saturated heterocycles. The molecule has 0 spiro atoms. The number of nitriles is 1. The third-order valence-electron chi connectivity index (χ3n) is 2.73. The van der Waals surface area contributed by atoms with Crippen LogP contribution in [0.5, 0.6) is 0 Å². The highest BCUT2D eigenvalue weighted by Gasteiger charge is 2.43. The Balaban J connectivity index is 2.35. The van der Waals surface area contributed by atoms with Gasteiger partial charge in [0.1, 0.15) is 11.9 Å². The van der Waals surface area contributed by atoms with Crippen molar-refractivity contribution in [1.29, 1.82) is 5.26 Å². The monoisotopic (exact) mass is 270 g/mol. The maximum absolute atomic E-state index is 13.1. The highest BCUT2D eigenvalue weighted by Crippen LogP contribution is 2.28. The van der Waals surface area contributed by atoms with E-state index in [1.54, 1.807) is 6.07 Å². The first-order chi connectivity index (χ1) is 8.26. The largest absolute Gasteiger partial charge is 0.387 e. The van der Waals surface area contributed by atoms with Crippen molar-refractivity contribution >= 4 is 10.0 Å². The van der Waals surface area contributed by atoms with Gasteiger partial charge in [0.2, 0.25) is 10.0 Å². The third-order valence-corrected chi connectivity index (χ3v) is 4.52. The summed E-state index contributed by atoms with van der Waals surface area (Å²) >= 11 is 0. The van der Waals surface area contributed by atoms with E-state index in [1.807, 2.05) is 0 Å². The highest BCUT2D eigenvalue weighted by atomic mass is 32.2. The Kier molecular flexibility index (Phi) is 2.89. The zero-order valence-corrected chi connectivity index (χ0v) is 10.4. The number of halogens is 1. The van der Waals surface area contributed by atoms with E-state index in [-0.39, 0.29) is 23.5 Å². The highest BCUT2D eigenvalue weighted by molar-refractivity contribution is 7.89. The average Bonchev–Trinajstić information content (AvgIpc) is 2.26.